The molecule has 2 N–H and O–H groups in total. The lowest BCUT2D eigenvalue weighted by Gasteiger charge is -2.72. The summed E-state index contributed by atoms with van der Waals surface area (Å²) >= 11 is 0. The molecule has 0 amide bonds. The van der Waals surface area contributed by atoms with Crippen LogP contribution in [-0.4, -0.2) is 74.3 Å². The summed E-state index contributed by atoms with van der Waals surface area (Å²) < 4.78 is 38.0. The number of halogens is 1. The number of aliphatic carboxylic acids is 1. The van der Waals surface area contributed by atoms with Crippen LogP contribution in [-0.2, 0) is 14.6 Å². The molecule has 0 bridgehead atoms. The summed E-state index contributed by atoms with van der Waals surface area (Å²) in [5, 5.41) is 14.0. The second-order valence-electron chi connectivity index (χ2n) is 20.0. The van der Waals surface area contributed by atoms with Gasteiger partial charge in [0.2, 0.25) is 0 Å². The first-order chi connectivity index (χ1) is 23.9. The summed E-state index contributed by atoms with van der Waals surface area (Å²) in [6, 6.07) is 0. The number of fused-ring (bicyclic) bond motifs is 7. The quantitative estimate of drug-likeness (QED) is 0.245. The average Bonchev–Trinajstić information content (AvgIpc) is 3.46. The van der Waals surface area contributed by atoms with Crippen LogP contribution in [0.25, 0.3) is 0 Å². The van der Waals surface area contributed by atoms with Crippen molar-refractivity contribution in [1.29, 1.82) is 0 Å². The zero-order valence-electron chi connectivity index (χ0n) is 32.6. The predicted molar refractivity (Wildman–Crippen MR) is 204 cm³/mol. The van der Waals surface area contributed by atoms with E-state index >= 15 is 0 Å². The van der Waals surface area contributed by atoms with E-state index in [-0.39, 0.29) is 33.6 Å². The van der Waals surface area contributed by atoms with Gasteiger partial charge in [0.1, 0.15) is 6.67 Å². The van der Waals surface area contributed by atoms with Crippen LogP contribution in [0.15, 0.2) is 35.5 Å². The zero-order chi connectivity index (χ0) is 36.8. The molecule has 0 radical (unpaired) electrons. The smallest absolute Gasteiger partial charge is 0.312 e. The van der Waals surface area contributed by atoms with Crippen LogP contribution in [0.2, 0.25) is 0 Å². The Morgan fingerprint density at radius 1 is 0.941 bits per heavy atom. The van der Waals surface area contributed by atoms with E-state index in [9.17, 15) is 22.7 Å². The Bertz CT molecular complexity index is 1590. The highest BCUT2D eigenvalue weighted by Crippen LogP contribution is 2.76. The molecule has 6 nitrogen and oxygen atoms in total. The first-order valence-corrected chi connectivity index (χ1v) is 22.2. The average molecular weight is 727 g/mol. The Balaban J connectivity index is 1.13. The Kier molecular flexibility index (Phi) is 9.47. The first-order valence-electron chi connectivity index (χ1n) is 20.4. The van der Waals surface area contributed by atoms with Crippen molar-refractivity contribution in [2.75, 3.05) is 44.4 Å². The molecule has 8 heteroatoms. The van der Waals surface area contributed by atoms with Crippen LogP contribution in [0.1, 0.15) is 119 Å². The standard InChI is InChI=1S/C43H67FN2O4S/c1-29(2)31-12-19-43(45-22-23-46-24-26-51(49,50)27-25-46)21-20-40(6)33(36(31)43)8-9-35-39(5)15-13-32(38(3,4)34(39)14-16-41(35,40)7)30-10-17-42(28-44,18-11-30)37(47)48/h10,13,31,33-36,45H,1,8-9,11-12,14-28H2,2-7H3,(H,47,48)/t31-,33+,34?,35?,36?,39-,40+,41+,42+,43-/m0/s1. The van der Waals surface area contributed by atoms with Crippen molar-refractivity contribution in [3.05, 3.63) is 35.5 Å². The second kappa shape index (κ2) is 12.8. The number of carboxylic acid groups (broad SMARTS) is 1. The van der Waals surface area contributed by atoms with Crippen molar-refractivity contribution in [2.45, 2.75) is 124 Å². The molecule has 0 aromatic carbocycles. The van der Waals surface area contributed by atoms with Crippen LogP contribution in [0.3, 0.4) is 0 Å². The molecule has 1 saturated heterocycles. The van der Waals surface area contributed by atoms with Gasteiger partial charge in [-0.25, -0.2) is 12.8 Å². The number of hydrogen-bond acceptors (Lipinski definition) is 5. The summed E-state index contributed by atoms with van der Waals surface area (Å²) in [5.41, 5.74) is 3.60. The van der Waals surface area contributed by atoms with E-state index in [0.717, 1.165) is 19.5 Å². The summed E-state index contributed by atoms with van der Waals surface area (Å²) in [5.74, 6) is 2.58. The van der Waals surface area contributed by atoms with Crippen LogP contribution >= 0.6 is 0 Å². The molecule has 5 fully saturated rings. The molecular weight excluding hydrogens is 660 g/mol. The molecule has 10 atom stereocenters. The maximum Gasteiger partial charge on any atom is 0.312 e. The molecule has 6 aliphatic carbocycles. The molecule has 4 saturated carbocycles. The number of carboxylic acids is 1. The van der Waals surface area contributed by atoms with Gasteiger partial charge in [-0.3, -0.25) is 4.79 Å². The molecule has 1 aliphatic heterocycles. The van der Waals surface area contributed by atoms with E-state index < -0.39 is 27.9 Å². The van der Waals surface area contributed by atoms with Gasteiger partial charge in [-0.05, 0) is 146 Å². The summed E-state index contributed by atoms with van der Waals surface area (Å²) in [7, 11) is -2.87. The number of rotatable bonds is 8. The Labute approximate surface area is 308 Å². The van der Waals surface area contributed by atoms with E-state index in [2.05, 4.69) is 70.5 Å². The number of allylic oxidation sites excluding steroid dienone is 5. The van der Waals surface area contributed by atoms with E-state index in [1.165, 1.54) is 68.1 Å². The van der Waals surface area contributed by atoms with Gasteiger partial charge in [-0.1, -0.05) is 58.9 Å². The van der Waals surface area contributed by atoms with Crippen molar-refractivity contribution >= 4 is 15.8 Å². The van der Waals surface area contributed by atoms with Crippen molar-refractivity contribution < 1.29 is 22.7 Å². The van der Waals surface area contributed by atoms with Gasteiger partial charge < -0.3 is 15.3 Å². The SMILES string of the molecule is C=C(C)[C@@H]1CC[C@]2(NCCN3CCS(=O)(=O)CC3)CC[C@]3(C)[C@H](CCC4[C@@]5(C)CC=C(C6=CC[C@@](CF)(C(=O)O)CC6)C(C)(C)C5CC[C@]43C)C12. The Morgan fingerprint density at radius 3 is 2.29 bits per heavy atom. The normalized spacial score (nSPS) is 46.1. The highest BCUT2D eigenvalue weighted by molar-refractivity contribution is 7.91. The summed E-state index contributed by atoms with van der Waals surface area (Å²) in [4.78, 5) is 14.3. The summed E-state index contributed by atoms with van der Waals surface area (Å²) in [6.07, 6.45) is 16.9. The number of nitrogens with zero attached hydrogens (tertiary/aromatic N) is 1. The lowest BCUT2D eigenvalue weighted by atomic mass is 9.33. The van der Waals surface area contributed by atoms with E-state index in [0.29, 0.717) is 67.0 Å². The van der Waals surface area contributed by atoms with Crippen LogP contribution in [0, 0.1) is 56.7 Å². The van der Waals surface area contributed by atoms with Gasteiger partial charge in [0.15, 0.2) is 9.84 Å². The fraction of sp³-hybridized carbons (Fsp3) is 0.837. The van der Waals surface area contributed by atoms with Gasteiger partial charge in [-0.2, -0.15) is 0 Å². The molecule has 7 rings (SSSR count). The number of carbonyl (C=O) groups is 1. The molecule has 51 heavy (non-hydrogen) atoms. The summed E-state index contributed by atoms with van der Waals surface area (Å²) in [6.45, 7) is 22.1. The van der Waals surface area contributed by atoms with Crippen LogP contribution < -0.4 is 5.32 Å². The van der Waals surface area contributed by atoms with E-state index in [1.807, 2.05) is 0 Å². The minimum atomic E-state index is -2.87. The van der Waals surface area contributed by atoms with E-state index in [1.54, 1.807) is 0 Å². The van der Waals surface area contributed by atoms with Gasteiger partial charge in [0.25, 0.3) is 0 Å². The van der Waals surface area contributed by atoms with Crippen molar-refractivity contribution in [1.82, 2.24) is 10.2 Å². The lowest BCUT2D eigenvalue weighted by Crippen LogP contribution is -2.68. The molecule has 3 unspecified atom stereocenters. The molecule has 7 aliphatic rings. The third-order valence-electron chi connectivity index (χ3n) is 17.7. The number of nitrogens with one attached hydrogen (secondary N) is 1. The minimum absolute atomic E-state index is 0.0163. The van der Waals surface area contributed by atoms with Gasteiger partial charge in [-0.15, -0.1) is 0 Å². The third kappa shape index (κ3) is 5.71. The minimum Gasteiger partial charge on any atom is -0.481 e. The van der Waals surface area contributed by atoms with Crippen molar-refractivity contribution in [3.8, 4) is 0 Å². The van der Waals surface area contributed by atoms with Crippen LogP contribution in [0.4, 0.5) is 4.39 Å². The van der Waals surface area contributed by atoms with Gasteiger partial charge >= 0.3 is 5.97 Å². The number of sulfone groups is 1. The molecule has 0 aromatic rings. The Morgan fingerprint density at radius 2 is 1.67 bits per heavy atom. The maximum absolute atomic E-state index is 14.0. The molecule has 286 valence electrons. The fourth-order valence-corrected chi connectivity index (χ4v) is 15.8. The fourth-order valence-electron chi connectivity index (χ4n) is 14.6. The lowest BCUT2D eigenvalue weighted by molar-refractivity contribution is -0.221. The highest BCUT2D eigenvalue weighted by atomic mass is 32.2. The van der Waals surface area contributed by atoms with E-state index in [4.69, 9.17) is 0 Å². The molecule has 1 heterocycles. The third-order valence-corrected chi connectivity index (χ3v) is 19.3. The largest absolute Gasteiger partial charge is 0.481 e. The molecule has 0 spiro atoms. The molecular formula is C43H67FN2O4S. The Hall–Kier alpha value is -1.51. The van der Waals surface area contributed by atoms with Gasteiger partial charge in [0, 0.05) is 31.7 Å². The second-order valence-corrected chi connectivity index (χ2v) is 22.3. The zero-order valence-corrected chi connectivity index (χ0v) is 33.4. The topological polar surface area (TPSA) is 86.7 Å². The maximum atomic E-state index is 14.0. The number of hydrogen-bond donors (Lipinski definition) is 2. The van der Waals surface area contributed by atoms with Crippen molar-refractivity contribution in [2.24, 2.45) is 56.7 Å². The number of alkyl halides is 1. The molecule has 0 aromatic heterocycles. The van der Waals surface area contributed by atoms with Crippen molar-refractivity contribution in [3.63, 3.8) is 0 Å². The first kappa shape index (κ1) is 37.8. The highest BCUT2D eigenvalue weighted by Gasteiger charge is 2.70. The monoisotopic (exact) mass is 726 g/mol. The van der Waals surface area contributed by atoms with Gasteiger partial charge in [0.05, 0.1) is 16.9 Å². The predicted octanol–water partition coefficient (Wildman–Crippen LogP) is 8.40. The van der Waals surface area contributed by atoms with Crippen LogP contribution in [0.5, 0.6) is 0 Å².